The maximum atomic E-state index is 10.6. The molecular weight excluding hydrogens is 537 g/mol. The molecule has 9 heteroatoms. The van der Waals surface area contributed by atoms with E-state index in [1.54, 1.807) is 11.8 Å². The van der Waals surface area contributed by atoms with Crippen LogP contribution in [0.25, 0.3) is 0 Å². The lowest BCUT2D eigenvalue weighted by atomic mass is 9.84. The zero-order valence-electron chi connectivity index (χ0n) is 22.8. The maximum absolute atomic E-state index is 10.6. The lowest BCUT2D eigenvalue weighted by molar-refractivity contribution is -0.192. The number of piperidine rings is 1. The number of carboxylic acid groups (broad SMARTS) is 1. The number of carboxylic acids is 1. The Kier molecular flexibility index (Phi) is 10.2. The summed E-state index contributed by atoms with van der Waals surface area (Å²) in [4.78, 5) is 15.2. The molecule has 1 unspecified atom stereocenters. The SMILES string of the molecule is CSc1ccc(C2CN(C)Cc3cccc(Oc4cccc(CN5CCCCC5)c4)c32)cc1.O=C(O)C(F)(F)F. The van der Waals surface area contributed by atoms with Crippen LogP contribution in [0.15, 0.2) is 71.6 Å². The molecule has 2 aliphatic rings. The van der Waals surface area contributed by atoms with Crippen LogP contribution in [-0.2, 0) is 17.9 Å². The highest BCUT2D eigenvalue weighted by Gasteiger charge is 2.38. The molecule has 0 aliphatic carbocycles. The Hall–Kier alpha value is -3.01. The van der Waals surface area contributed by atoms with Crippen molar-refractivity contribution in [2.24, 2.45) is 0 Å². The molecular formula is C31H35F3N2O3S. The van der Waals surface area contributed by atoms with Crippen LogP contribution in [0.5, 0.6) is 11.5 Å². The van der Waals surface area contributed by atoms with Crippen molar-refractivity contribution in [3.63, 3.8) is 0 Å². The summed E-state index contributed by atoms with van der Waals surface area (Å²) in [6.45, 7) is 5.39. The fraction of sp³-hybridized carbons (Fsp3) is 0.387. The van der Waals surface area contributed by atoms with Crippen molar-refractivity contribution in [1.29, 1.82) is 0 Å². The Morgan fingerprint density at radius 2 is 1.70 bits per heavy atom. The summed E-state index contributed by atoms with van der Waals surface area (Å²) in [5.74, 6) is -0.516. The molecule has 3 aromatic rings. The van der Waals surface area contributed by atoms with Gasteiger partial charge in [0.15, 0.2) is 0 Å². The van der Waals surface area contributed by atoms with E-state index in [9.17, 15) is 13.2 Å². The summed E-state index contributed by atoms with van der Waals surface area (Å²) in [7, 11) is 2.21. The molecule has 0 saturated carbocycles. The van der Waals surface area contributed by atoms with Crippen molar-refractivity contribution in [2.75, 3.05) is 32.9 Å². The van der Waals surface area contributed by atoms with Gasteiger partial charge in [0.25, 0.3) is 0 Å². The highest BCUT2D eigenvalue weighted by molar-refractivity contribution is 7.98. The number of nitrogens with zero attached hydrogens (tertiary/aromatic N) is 2. The molecule has 2 aliphatic heterocycles. The molecule has 3 aromatic carbocycles. The second-order valence-corrected chi connectivity index (χ2v) is 11.1. The monoisotopic (exact) mass is 572 g/mol. The van der Waals surface area contributed by atoms with Crippen molar-refractivity contribution in [3.05, 3.63) is 89.0 Å². The van der Waals surface area contributed by atoms with E-state index >= 15 is 0 Å². The first-order chi connectivity index (χ1) is 19.1. The van der Waals surface area contributed by atoms with Gasteiger partial charge in [0, 0.05) is 36.0 Å². The van der Waals surface area contributed by atoms with Gasteiger partial charge in [-0.25, -0.2) is 4.79 Å². The number of fused-ring (bicyclic) bond motifs is 1. The second-order valence-electron chi connectivity index (χ2n) is 10.2. The highest BCUT2D eigenvalue weighted by atomic mass is 32.2. The third-order valence-corrected chi connectivity index (χ3v) is 7.92. The predicted octanol–water partition coefficient (Wildman–Crippen LogP) is 7.40. The van der Waals surface area contributed by atoms with Crippen LogP contribution in [0.3, 0.4) is 0 Å². The maximum Gasteiger partial charge on any atom is 0.490 e. The fourth-order valence-electron chi connectivity index (χ4n) is 5.29. The Labute approximate surface area is 237 Å². The second kappa shape index (κ2) is 13.6. The summed E-state index contributed by atoms with van der Waals surface area (Å²) >= 11 is 1.79. The van der Waals surface area contributed by atoms with Gasteiger partial charge in [-0.05, 0) is 86.3 Å². The normalized spacial score (nSPS) is 17.9. The molecule has 0 bridgehead atoms. The summed E-state index contributed by atoms with van der Waals surface area (Å²) in [5.41, 5.74) is 5.40. The van der Waals surface area contributed by atoms with E-state index in [2.05, 4.69) is 89.8 Å². The minimum Gasteiger partial charge on any atom is -0.475 e. The zero-order chi connectivity index (χ0) is 28.7. The van der Waals surface area contributed by atoms with E-state index in [1.807, 2.05) is 0 Å². The summed E-state index contributed by atoms with van der Waals surface area (Å²) < 4.78 is 38.3. The average Bonchev–Trinajstić information content (AvgIpc) is 2.93. The van der Waals surface area contributed by atoms with Crippen LogP contribution < -0.4 is 4.74 Å². The van der Waals surface area contributed by atoms with Crippen LogP contribution in [0.4, 0.5) is 13.2 Å². The van der Waals surface area contributed by atoms with Gasteiger partial charge in [0.2, 0.25) is 0 Å². The average molecular weight is 573 g/mol. The molecule has 1 atom stereocenters. The van der Waals surface area contributed by atoms with Crippen molar-refractivity contribution >= 4 is 17.7 Å². The van der Waals surface area contributed by atoms with E-state index in [0.29, 0.717) is 5.92 Å². The minimum atomic E-state index is -5.08. The Morgan fingerprint density at radius 3 is 2.35 bits per heavy atom. The molecule has 1 fully saturated rings. The molecule has 1 N–H and O–H groups in total. The smallest absolute Gasteiger partial charge is 0.475 e. The summed E-state index contributed by atoms with van der Waals surface area (Å²) in [6.07, 6.45) is 1.05. The third kappa shape index (κ3) is 8.02. The van der Waals surface area contributed by atoms with Gasteiger partial charge in [-0.3, -0.25) is 4.90 Å². The lowest BCUT2D eigenvalue weighted by Gasteiger charge is -2.34. The molecule has 0 spiro atoms. The number of benzene rings is 3. The molecule has 0 amide bonds. The van der Waals surface area contributed by atoms with E-state index in [-0.39, 0.29) is 0 Å². The number of likely N-dealkylation sites (N-methyl/N-ethyl adjacent to an activating group) is 1. The summed E-state index contributed by atoms with van der Waals surface area (Å²) in [5, 5.41) is 7.12. The molecule has 1 saturated heterocycles. The van der Waals surface area contributed by atoms with E-state index in [1.165, 1.54) is 59.5 Å². The number of aliphatic carboxylic acids is 1. The number of carbonyl (C=O) groups is 1. The van der Waals surface area contributed by atoms with Gasteiger partial charge >= 0.3 is 12.1 Å². The zero-order valence-corrected chi connectivity index (χ0v) is 23.6. The highest BCUT2D eigenvalue weighted by Crippen LogP contribution is 2.41. The standard InChI is InChI=1S/C29H34N2OS.C2HF3O2/c1-30-20-24-9-7-11-28(29(24)27(21-30)23-12-14-26(33-2)15-13-23)32-25-10-6-8-22(18-25)19-31-16-4-3-5-17-31;3-2(4,5)1(6)7/h6-15,18,27H,3-5,16-17,19-21H2,1-2H3;(H,6,7). The van der Waals surface area contributed by atoms with E-state index in [4.69, 9.17) is 14.6 Å². The molecule has 40 heavy (non-hydrogen) atoms. The Bertz CT molecular complexity index is 1280. The Morgan fingerprint density at radius 1 is 1.02 bits per heavy atom. The van der Waals surface area contributed by atoms with Crippen LogP contribution in [0.2, 0.25) is 0 Å². The number of thioether (sulfide) groups is 1. The van der Waals surface area contributed by atoms with Gasteiger partial charge in [-0.2, -0.15) is 13.2 Å². The first-order valence-corrected chi connectivity index (χ1v) is 14.6. The molecule has 0 aromatic heterocycles. The van der Waals surface area contributed by atoms with E-state index in [0.717, 1.165) is 31.1 Å². The number of hydrogen-bond donors (Lipinski definition) is 1. The van der Waals surface area contributed by atoms with Crippen molar-refractivity contribution in [1.82, 2.24) is 9.80 Å². The van der Waals surface area contributed by atoms with Gasteiger partial charge in [0.05, 0.1) is 0 Å². The van der Waals surface area contributed by atoms with Gasteiger partial charge < -0.3 is 14.7 Å². The predicted molar refractivity (Wildman–Crippen MR) is 152 cm³/mol. The lowest BCUT2D eigenvalue weighted by Crippen LogP contribution is -2.31. The van der Waals surface area contributed by atoms with Crippen molar-refractivity contribution < 1.29 is 27.8 Å². The third-order valence-electron chi connectivity index (χ3n) is 7.18. The quantitative estimate of drug-likeness (QED) is 0.311. The van der Waals surface area contributed by atoms with Gasteiger partial charge in [-0.1, -0.05) is 42.8 Å². The van der Waals surface area contributed by atoms with Crippen LogP contribution >= 0.6 is 11.8 Å². The minimum absolute atomic E-state index is 0.308. The number of halogens is 3. The van der Waals surface area contributed by atoms with Gasteiger partial charge in [-0.15, -0.1) is 11.8 Å². The van der Waals surface area contributed by atoms with Crippen LogP contribution in [0.1, 0.15) is 47.4 Å². The Balaban J connectivity index is 0.000000470. The molecule has 214 valence electrons. The first kappa shape index (κ1) is 30.0. The van der Waals surface area contributed by atoms with Gasteiger partial charge in [0.1, 0.15) is 11.5 Å². The number of likely N-dealkylation sites (tertiary alicyclic amines) is 1. The fourth-order valence-corrected chi connectivity index (χ4v) is 5.70. The molecule has 5 rings (SSSR count). The van der Waals surface area contributed by atoms with Crippen molar-refractivity contribution in [3.8, 4) is 11.5 Å². The number of hydrogen-bond acceptors (Lipinski definition) is 5. The summed E-state index contributed by atoms with van der Waals surface area (Å²) in [6, 6.07) is 24.3. The number of ether oxygens (including phenoxy) is 1. The van der Waals surface area contributed by atoms with Crippen LogP contribution in [-0.4, -0.2) is 60.0 Å². The topological polar surface area (TPSA) is 53.0 Å². The van der Waals surface area contributed by atoms with E-state index < -0.39 is 12.1 Å². The first-order valence-electron chi connectivity index (χ1n) is 13.4. The number of rotatable bonds is 6. The van der Waals surface area contributed by atoms with Crippen molar-refractivity contribution in [2.45, 2.75) is 49.3 Å². The number of alkyl halides is 3. The molecule has 2 heterocycles. The van der Waals surface area contributed by atoms with Crippen LogP contribution in [0, 0.1) is 0 Å². The largest absolute Gasteiger partial charge is 0.490 e. The molecule has 5 nitrogen and oxygen atoms in total. The molecule has 0 radical (unpaired) electrons.